The molecule has 0 radical (unpaired) electrons. The van der Waals surface area contributed by atoms with Crippen LogP contribution in [0.5, 0.6) is 0 Å². The number of hydrogen-bond acceptors (Lipinski definition) is 3. The van der Waals surface area contributed by atoms with E-state index in [0.717, 1.165) is 0 Å². The van der Waals surface area contributed by atoms with Crippen LogP contribution in [0.25, 0.3) is 0 Å². The van der Waals surface area contributed by atoms with Crippen molar-refractivity contribution in [2.75, 3.05) is 6.61 Å². The van der Waals surface area contributed by atoms with Gasteiger partial charge in [0, 0.05) is 6.42 Å². The monoisotopic (exact) mass is 218 g/mol. The molecule has 1 aromatic carbocycles. The van der Waals surface area contributed by atoms with Crippen LogP contribution >= 0.6 is 0 Å². The lowest BCUT2D eigenvalue weighted by atomic mass is 10.2. The summed E-state index contributed by atoms with van der Waals surface area (Å²) in [6.45, 7) is 1.89. The highest BCUT2D eigenvalue weighted by Gasteiger charge is 2.06. The average Bonchev–Trinajstić information content (AvgIpc) is 2.30. The molecule has 0 unspecified atom stereocenters. The maximum atomic E-state index is 11.4. The first-order chi connectivity index (χ1) is 7.74. The molecule has 1 aromatic rings. The predicted molar refractivity (Wildman–Crippen MR) is 61.2 cm³/mol. The number of carbonyl (C=O) groups excluding carboxylic acids is 2. The molecule has 0 N–H and O–H groups in total. The summed E-state index contributed by atoms with van der Waals surface area (Å²) in [7, 11) is 0. The van der Waals surface area contributed by atoms with Gasteiger partial charge in [-0.2, -0.15) is 0 Å². The number of allylic oxidation sites excluding steroid dienone is 2. The highest BCUT2D eigenvalue weighted by Crippen LogP contribution is 2.01. The molecule has 16 heavy (non-hydrogen) atoms. The average molecular weight is 218 g/mol. The van der Waals surface area contributed by atoms with E-state index in [2.05, 4.69) is 0 Å². The van der Waals surface area contributed by atoms with Crippen LogP contribution in [0, 0.1) is 0 Å². The van der Waals surface area contributed by atoms with Gasteiger partial charge in [-0.1, -0.05) is 24.3 Å². The SMILES string of the molecule is C/C=C/C(=O)CCOC(=O)c1ccccc1. The Kier molecular flexibility index (Phi) is 4.99. The van der Waals surface area contributed by atoms with Gasteiger partial charge < -0.3 is 4.74 Å². The molecule has 0 aliphatic carbocycles. The van der Waals surface area contributed by atoms with E-state index in [0.29, 0.717) is 5.56 Å². The van der Waals surface area contributed by atoms with Crippen molar-refractivity contribution in [3.05, 3.63) is 48.0 Å². The van der Waals surface area contributed by atoms with Crippen molar-refractivity contribution < 1.29 is 14.3 Å². The third kappa shape index (κ3) is 4.09. The van der Waals surface area contributed by atoms with Crippen LogP contribution < -0.4 is 0 Å². The fourth-order valence-corrected chi connectivity index (χ4v) is 1.17. The van der Waals surface area contributed by atoms with E-state index in [-0.39, 0.29) is 18.8 Å². The Morgan fingerprint density at radius 1 is 1.25 bits per heavy atom. The third-order valence-electron chi connectivity index (χ3n) is 1.94. The molecule has 0 fully saturated rings. The molecule has 0 aliphatic heterocycles. The molecule has 0 amide bonds. The van der Waals surface area contributed by atoms with Crippen LogP contribution in [0.4, 0.5) is 0 Å². The number of esters is 1. The topological polar surface area (TPSA) is 43.4 Å². The molecule has 0 atom stereocenters. The van der Waals surface area contributed by atoms with E-state index >= 15 is 0 Å². The Labute approximate surface area is 94.7 Å². The Hall–Kier alpha value is -1.90. The van der Waals surface area contributed by atoms with E-state index < -0.39 is 5.97 Å². The van der Waals surface area contributed by atoms with Crippen molar-refractivity contribution in [2.45, 2.75) is 13.3 Å². The zero-order valence-electron chi connectivity index (χ0n) is 9.18. The van der Waals surface area contributed by atoms with Gasteiger partial charge in [0.2, 0.25) is 0 Å². The minimum Gasteiger partial charge on any atom is -0.462 e. The first-order valence-electron chi connectivity index (χ1n) is 5.11. The first kappa shape index (κ1) is 12.2. The lowest BCUT2D eigenvalue weighted by Gasteiger charge is -2.02. The summed E-state index contributed by atoms with van der Waals surface area (Å²) in [4.78, 5) is 22.5. The first-order valence-corrected chi connectivity index (χ1v) is 5.11. The quantitative estimate of drug-likeness (QED) is 0.563. The summed E-state index contributed by atoms with van der Waals surface area (Å²) in [5.74, 6) is -0.433. The van der Waals surface area contributed by atoms with Gasteiger partial charge in [-0.3, -0.25) is 4.79 Å². The number of rotatable bonds is 5. The number of carbonyl (C=O) groups is 2. The molecule has 0 bridgehead atoms. The highest BCUT2D eigenvalue weighted by molar-refractivity contribution is 5.91. The summed E-state index contributed by atoms with van der Waals surface area (Å²) in [6.07, 6.45) is 3.36. The second kappa shape index (κ2) is 6.56. The van der Waals surface area contributed by atoms with Crippen LogP contribution in [-0.2, 0) is 9.53 Å². The van der Waals surface area contributed by atoms with Gasteiger partial charge in [0.05, 0.1) is 12.2 Å². The van der Waals surface area contributed by atoms with Crippen molar-refractivity contribution in [2.24, 2.45) is 0 Å². The second-order valence-corrected chi connectivity index (χ2v) is 3.22. The minimum atomic E-state index is -0.395. The Morgan fingerprint density at radius 3 is 2.56 bits per heavy atom. The van der Waals surface area contributed by atoms with Gasteiger partial charge in [0.1, 0.15) is 0 Å². The summed E-state index contributed by atoms with van der Waals surface area (Å²) in [5.41, 5.74) is 0.501. The van der Waals surface area contributed by atoms with Gasteiger partial charge in [0.25, 0.3) is 0 Å². The van der Waals surface area contributed by atoms with Gasteiger partial charge in [-0.25, -0.2) is 4.79 Å². The van der Waals surface area contributed by atoms with E-state index in [1.54, 1.807) is 37.3 Å². The van der Waals surface area contributed by atoms with E-state index in [1.165, 1.54) is 6.08 Å². The zero-order valence-corrected chi connectivity index (χ0v) is 9.18. The van der Waals surface area contributed by atoms with Crippen LogP contribution in [0.15, 0.2) is 42.5 Å². The maximum absolute atomic E-state index is 11.4. The summed E-state index contributed by atoms with van der Waals surface area (Å²) >= 11 is 0. The zero-order chi connectivity index (χ0) is 11.8. The standard InChI is InChI=1S/C13H14O3/c1-2-6-12(14)9-10-16-13(15)11-7-4-3-5-8-11/h2-8H,9-10H2,1H3/b6-2+. The molecule has 0 saturated carbocycles. The lowest BCUT2D eigenvalue weighted by Crippen LogP contribution is -2.08. The summed E-state index contributed by atoms with van der Waals surface area (Å²) in [6, 6.07) is 8.71. The van der Waals surface area contributed by atoms with Gasteiger partial charge in [0.15, 0.2) is 5.78 Å². The molecule has 3 heteroatoms. The molecule has 3 nitrogen and oxygen atoms in total. The minimum absolute atomic E-state index is 0.0386. The number of benzene rings is 1. The van der Waals surface area contributed by atoms with Gasteiger partial charge in [-0.15, -0.1) is 0 Å². The lowest BCUT2D eigenvalue weighted by molar-refractivity contribution is -0.115. The molecule has 84 valence electrons. The number of ether oxygens (including phenoxy) is 1. The van der Waals surface area contributed by atoms with Crippen molar-refractivity contribution >= 4 is 11.8 Å². The Morgan fingerprint density at radius 2 is 1.94 bits per heavy atom. The van der Waals surface area contributed by atoms with Crippen LogP contribution in [0.3, 0.4) is 0 Å². The molecule has 0 spiro atoms. The Bertz CT molecular complexity index is 379. The van der Waals surface area contributed by atoms with Gasteiger partial charge >= 0.3 is 5.97 Å². The van der Waals surface area contributed by atoms with Crippen molar-refractivity contribution in [3.63, 3.8) is 0 Å². The van der Waals surface area contributed by atoms with Crippen molar-refractivity contribution in [1.29, 1.82) is 0 Å². The summed E-state index contributed by atoms with van der Waals surface area (Å²) in [5, 5.41) is 0. The smallest absolute Gasteiger partial charge is 0.338 e. The van der Waals surface area contributed by atoms with E-state index in [4.69, 9.17) is 4.74 Å². The molecule has 0 heterocycles. The molecular weight excluding hydrogens is 204 g/mol. The fraction of sp³-hybridized carbons (Fsp3) is 0.231. The molecule has 1 rings (SSSR count). The number of ketones is 1. The predicted octanol–water partition coefficient (Wildman–Crippen LogP) is 2.38. The Balaban J connectivity index is 2.34. The molecule has 0 saturated heterocycles. The largest absolute Gasteiger partial charge is 0.462 e. The molecule has 0 aromatic heterocycles. The fourth-order valence-electron chi connectivity index (χ4n) is 1.17. The normalized spacial score (nSPS) is 10.3. The molecule has 0 aliphatic rings. The van der Waals surface area contributed by atoms with E-state index in [9.17, 15) is 9.59 Å². The third-order valence-corrected chi connectivity index (χ3v) is 1.94. The van der Waals surface area contributed by atoms with Crippen molar-refractivity contribution in [3.8, 4) is 0 Å². The maximum Gasteiger partial charge on any atom is 0.338 e. The number of hydrogen-bond donors (Lipinski definition) is 0. The van der Waals surface area contributed by atoms with Crippen LogP contribution in [0.2, 0.25) is 0 Å². The van der Waals surface area contributed by atoms with Gasteiger partial charge in [-0.05, 0) is 25.1 Å². The highest BCUT2D eigenvalue weighted by atomic mass is 16.5. The van der Waals surface area contributed by atoms with Crippen molar-refractivity contribution in [1.82, 2.24) is 0 Å². The second-order valence-electron chi connectivity index (χ2n) is 3.22. The van der Waals surface area contributed by atoms with E-state index in [1.807, 2.05) is 6.07 Å². The molecular formula is C13H14O3. The van der Waals surface area contributed by atoms with Crippen LogP contribution in [-0.4, -0.2) is 18.4 Å². The summed E-state index contributed by atoms with van der Waals surface area (Å²) < 4.78 is 4.95. The van der Waals surface area contributed by atoms with Crippen LogP contribution in [0.1, 0.15) is 23.7 Å².